The van der Waals surface area contributed by atoms with E-state index in [1.165, 1.54) is 4.90 Å². The van der Waals surface area contributed by atoms with Crippen LogP contribution in [0.15, 0.2) is 0 Å². The third kappa shape index (κ3) is 5.36. The number of carboxylic acid groups (broad SMARTS) is 1. The van der Waals surface area contributed by atoms with Gasteiger partial charge >= 0.3 is 5.97 Å². The van der Waals surface area contributed by atoms with Crippen LogP contribution in [0.1, 0.15) is 65.7 Å². The molecule has 2 amide bonds. The first-order chi connectivity index (χ1) is 9.85. The Morgan fingerprint density at radius 3 is 2.10 bits per heavy atom. The lowest BCUT2D eigenvalue weighted by molar-refractivity contribution is -0.160. The molecule has 0 aromatic carbocycles. The Morgan fingerprint density at radius 1 is 1.10 bits per heavy atom. The van der Waals surface area contributed by atoms with Gasteiger partial charge in [0.05, 0.1) is 0 Å². The average molecular weight is 300 g/mol. The van der Waals surface area contributed by atoms with Crippen LogP contribution in [-0.2, 0) is 14.4 Å². The van der Waals surface area contributed by atoms with Gasteiger partial charge < -0.3 is 15.7 Å². The SMILES string of the molecule is CCCCCC(=O)N(CC)C(CC)(CCC(N)=O)C(=O)O. The lowest BCUT2D eigenvalue weighted by atomic mass is 9.87. The van der Waals surface area contributed by atoms with E-state index in [0.717, 1.165) is 19.3 Å². The summed E-state index contributed by atoms with van der Waals surface area (Å²) >= 11 is 0. The molecule has 0 spiro atoms. The highest BCUT2D eigenvalue weighted by atomic mass is 16.4. The van der Waals surface area contributed by atoms with Crippen molar-refractivity contribution in [2.75, 3.05) is 6.54 Å². The van der Waals surface area contributed by atoms with Crippen LogP contribution in [-0.4, -0.2) is 39.9 Å². The summed E-state index contributed by atoms with van der Waals surface area (Å²) in [7, 11) is 0. The Morgan fingerprint density at radius 2 is 1.71 bits per heavy atom. The van der Waals surface area contributed by atoms with Crippen molar-refractivity contribution < 1.29 is 19.5 Å². The lowest BCUT2D eigenvalue weighted by Gasteiger charge is -2.39. The van der Waals surface area contributed by atoms with Crippen LogP contribution >= 0.6 is 0 Å². The Balaban J connectivity index is 5.18. The van der Waals surface area contributed by atoms with Gasteiger partial charge in [0.25, 0.3) is 0 Å². The topological polar surface area (TPSA) is 101 Å². The standard InChI is InChI=1S/C15H28N2O4/c1-4-7-8-9-13(19)17(6-3)15(5-2,14(20)21)11-10-12(16)18/h4-11H2,1-3H3,(H2,16,18)(H,20,21). The van der Waals surface area contributed by atoms with E-state index in [0.29, 0.717) is 13.0 Å². The van der Waals surface area contributed by atoms with Crippen molar-refractivity contribution in [2.45, 2.75) is 71.3 Å². The second kappa shape index (κ2) is 9.37. The highest BCUT2D eigenvalue weighted by Gasteiger charge is 2.44. The second-order valence-electron chi connectivity index (χ2n) is 5.25. The van der Waals surface area contributed by atoms with Crippen molar-refractivity contribution >= 4 is 17.8 Å². The van der Waals surface area contributed by atoms with Crippen molar-refractivity contribution in [2.24, 2.45) is 5.73 Å². The number of nitrogens with two attached hydrogens (primary N) is 1. The first-order valence-electron chi connectivity index (χ1n) is 7.67. The number of rotatable bonds is 11. The van der Waals surface area contributed by atoms with Crippen molar-refractivity contribution in [1.29, 1.82) is 0 Å². The highest BCUT2D eigenvalue weighted by molar-refractivity contribution is 5.87. The van der Waals surface area contributed by atoms with Crippen molar-refractivity contribution in [3.8, 4) is 0 Å². The first kappa shape index (κ1) is 19.4. The second-order valence-corrected chi connectivity index (χ2v) is 5.25. The number of nitrogens with zero attached hydrogens (tertiary/aromatic N) is 1. The van der Waals surface area contributed by atoms with Crippen LogP contribution in [0.5, 0.6) is 0 Å². The number of primary amides is 1. The Labute approximate surface area is 126 Å². The number of carbonyl (C=O) groups excluding carboxylic acids is 2. The summed E-state index contributed by atoms with van der Waals surface area (Å²) in [4.78, 5) is 36.5. The van der Waals surface area contributed by atoms with Gasteiger partial charge in [-0.2, -0.15) is 0 Å². The molecule has 1 atom stereocenters. The molecule has 0 saturated heterocycles. The molecule has 6 nitrogen and oxygen atoms in total. The minimum Gasteiger partial charge on any atom is -0.479 e. The maximum Gasteiger partial charge on any atom is 0.329 e. The number of aliphatic carboxylic acids is 1. The Kier molecular flexibility index (Phi) is 8.66. The Hall–Kier alpha value is -1.59. The number of carbonyl (C=O) groups is 3. The van der Waals surface area contributed by atoms with Gasteiger partial charge in [0.2, 0.25) is 11.8 Å². The largest absolute Gasteiger partial charge is 0.479 e. The highest BCUT2D eigenvalue weighted by Crippen LogP contribution is 2.27. The molecule has 0 rings (SSSR count). The van der Waals surface area contributed by atoms with E-state index in [-0.39, 0.29) is 25.2 Å². The molecule has 122 valence electrons. The first-order valence-corrected chi connectivity index (χ1v) is 7.67. The fraction of sp³-hybridized carbons (Fsp3) is 0.800. The molecule has 1 unspecified atom stereocenters. The van der Waals surface area contributed by atoms with E-state index in [2.05, 4.69) is 0 Å². The lowest BCUT2D eigenvalue weighted by Crippen LogP contribution is -2.57. The maximum absolute atomic E-state index is 12.4. The maximum atomic E-state index is 12.4. The van der Waals surface area contributed by atoms with Gasteiger partial charge in [0, 0.05) is 19.4 Å². The molecule has 0 saturated carbocycles. The molecular formula is C15H28N2O4. The van der Waals surface area contributed by atoms with Gasteiger partial charge in [-0.05, 0) is 26.2 Å². The van der Waals surface area contributed by atoms with E-state index in [1.54, 1.807) is 13.8 Å². The smallest absolute Gasteiger partial charge is 0.329 e. The summed E-state index contributed by atoms with van der Waals surface area (Å²) in [5.74, 6) is -1.79. The molecule has 0 aliphatic heterocycles. The van der Waals surface area contributed by atoms with Gasteiger partial charge in [0.1, 0.15) is 5.54 Å². The van der Waals surface area contributed by atoms with Gasteiger partial charge in [-0.25, -0.2) is 4.79 Å². The molecule has 6 heteroatoms. The zero-order valence-electron chi connectivity index (χ0n) is 13.4. The summed E-state index contributed by atoms with van der Waals surface area (Å²) in [6, 6.07) is 0. The molecule has 3 N–H and O–H groups in total. The fourth-order valence-electron chi connectivity index (χ4n) is 2.59. The molecule has 0 aromatic rings. The van der Waals surface area contributed by atoms with E-state index >= 15 is 0 Å². The zero-order valence-corrected chi connectivity index (χ0v) is 13.4. The number of carboxylic acids is 1. The van der Waals surface area contributed by atoms with Crippen LogP contribution in [0.25, 0.3) is 0 Å². The summed E-state index contributed by atoms with van der Waals surface area (Å²) in [5, 5.41) is 9.61. The number of unbranched alkanes of at least 4 members (excludes halogenated alkanes) is 2. The van der Waals surface area contributed by atoms with Crippen LogP contribution in [0.3, 0.4) is 0 Å². The minimum atomic E-state index is -1.34. The molecular weight excluding hydrogens is 272 g/mol. The number of hydrogen-bond acceptors (Lipinski definition) is 3. The van der Waals surface area contributed by atoms with Crippen LogP contribution in [0.4, 0.5) is 0 Å². The molecule has 21 heavy (non-hydrogen) atoms. The molecule has 0 fully saturated rings. The van der Waals surface area contributed by atoms with E-state index in [1.807, 2.05) is 6.92 Å². The van der Waals surface area contributed by atoms with Crippen molar-refractivity contribution in [3.63, 3.8) is 0 Å². The normalized spacial score (nSPS) is 13.5. The van der Waals surface area contributed by atoms with Crippen LogP contribution in [0, 0.1) is 0 Å². The summed E-state index contributed by atoms with van der Waals surface area (Å²) in [6.07, 6.45) is 3.30. The van der Waals surface area contributed by atoms with Crippen molar-refractivity contribution in [3.05, 3.63) is 0 Å². The Bertz CT molecular complexity index is 371. The molecule has 0 radical (unpaired) electrons. The summed E-state index contributed by atoms with van der Waals surface area (Å²) in [6.45, 7) is 5.83. The predicted octanol–water partition coefficient (Wildman–Crippen LogP) is 1.91. The molecule has 0 heterocycles. The third-order valence-corrected chi connectivity index (χ3v) is 3.90. The number of likely N-dealkylation sites (N-methyl/N-ethyl adjacent to an activating group) is 1. The van der Waals surface area contributed by atoms with E-state index in [9.17, 15) is 19.5 Å². The summed E-state index contributed by atoms with van der Waals surface area (Å²) < 4.78 is 0. The predicted molar refractivity (Wildman–Crippen MR) is 80.6 cm³/mol. The minimum absolute atomic E-state index is 0.0428. The van der Waals surface area contributed by atoms with E-state index < -0.39 is 17.4 Å². The average Bonchev–Trinajstić information content (AvgIpc) is 2.43. The van der Waals surface area contributed by atoms with Gasteiger partial charge in [0.15, 0.2) is 0 Å². The monoisotopic (exact) mass is 300 g/mol. The van der Waals surface area contributed by atoms with Gasteiger partial charge in [-0.1, -0.05) is 26.7 Å². The molecule has 0 bridgehead atoms. The van der Waals surface area contributed by atoms with E-state index in [4.69, 9.17) is 5.73 Å². The molecule has 0 aliphatic carbocycles. The zero-order chi connectivity index (χ0) is 16.5. The molecule has 0 aliphatic rings. The molecule has 0 aromatic heterocycles. The van der Waals surface area contributed by atoms with Crippen molar-refractivity contribution in [1.82, 2.24) is 4.90 Å². The third-order valence-electron chi connectivity index (χ3n) is 3.90. The number of amides is 2. The quantitative estimate of drug-likeness (QED) is 0.569. The number of hydrogen-bond donors (Lipinski definition) is 2. The summed E-state index contributed by atoms with van der Waals surface area (Å²) in [5.41, 5.74) is 3.79. The van der Waals surface area contributed by atoms with Gasteiger partial charge in [-0.3, -0.25) is 9.59 Å². The van der Waals surface area contributed by atoms with Crippen LogP contribution < -0.4 is 5.73 Å². The van der Waals surface area contributed by atoms with Gasteiger partial charge in [-0.15, -0.1) is 0 Å². The fourth-order valence-corrected chi connectivity index (χ4v) is 2.59. The van der Waals surface area contributed by atoms with Crippen LogP contribution in [0.2, 0.25) is 0 Å².